The van der Waals surface area contributed by atoms with Crippen molar-refractivity contribution in [3.63, 3.8) is 0 Å². The van der Waals surface area contributed by atoms with Crippen molar-refractivity contribution < 1.29 is 23.5 Å². The number of ether oxygens (including phenoxy) is 2. The van der Waals surface area contributed by atoms with E-state index in [1.54, 1.807) is 24.0 Å². The van der Waals surface area contributed by atoms with E-state index in [0.29, 0.717) is 37.4 Å². The van der Waals surface area contributed by atoms with Crippen LogP contribution in [0.2, 0.25) is 0 Å². The molecule has 0 fully saturated rings. The molecule has 176 valence electrons. The average Bonchev–Trinajstić information content (AvgIpc) is 3.23. The van der Waals surface area contributed by atoms with Crippen LogP contribution in [-0.4, -0.2) is 55.0 Å². The zero-order valence-corrected chi connectivity index (χ0v) is 20.1. The second-order valence-electron chi connectivity index (χ2n) is 7.90. The van der Waals surface area contributed by atoms with E-state index in [9.17, 15) is 9.59 Å². The number of hydrogen-bond donors (Lipinski definition) is 0. The van der Waals surface area contributed by atoms with Crippen molar-refractivity contribution >= 4 is 11.8 Å². The van der Waals surface area contributed by atoms with Crippen molar-refractivity contribution in [1.82, 2.24) is 9.80 Å². The molecule has 0 unspecified atom stereocenters. The summed E-state index contributed by atoms with van der Waals surface area (Å²) in [5.74, 6) is 2.73. The Morgan fingerprint density at radius 1 is 1.03 bits per heavy atom. The third kappa shape index (κ3) is 6.77. The maximum absolute atomic E-state index is 13.3. The van der Waals surface area contributed by atoms with Crippen molar-refractivity contribution in [3.8, 4) is 11.5 Å². The minimum Gasteiger partial charge on any atom is -0.493 e. The molecule has 7 nitrogen and oxygen atoms in total. The Bertz CT molecular complexity index is 892. The van der Waals surface area contributed by atoms with Crippen LogP contribution in [0.1, 0.15) is 50.7 Å². The standard InChI is InChI=1S/C25H36N2O5/c1-7-18(3)27(24(28)8-2)17-25(29)26(16-21-11-9-19(4)32-21)14-13-20-10-12-22(30-5)23(15-20)31-6/h9-12,15,18H,7-8,13-14,16-17H2,1-6H3/t18-/m0/s1. The summed E-state index contributed by atoms with van der Waals surface area (Å²) >= 11 is 0. The smallest absolute Gasteiger partial charge is 0.242 e. The van der Waals surface area contributed by atoms with Gasteiger partial charge in [0, 0.05) is 19.0 Å². The maximum Gasteiger partial charge on any atom is 0.242 e. The zero-order valence-electron chi connectivity index (χ0n) is 20.1. The second kappa shape index (κ2) is 12.2. The first kappa shape index (κ1) is 25.3. The van der Waals surface area contributed by atoms with Gasteiger partial charge in [0.25, 0.3) is 0 Å². The van der Waals surface area contributed by atoms with Crippen LogP contribution in [0, 0.1) is 6.92 Å². The third-order valence-corrected chi connectivity index (χ3v) is 5.67. The van der Waals surface area contributed by atoms with Gasteiger partial charge in [-0.2, -0.15) is 0 Å². The Morgan fingerprint density at radius 3 is 2.31 bits per heavy atom. The molecule has 1 heterocycles. The summed E-state index contributed by atoms with van der Waals surface area (Å²) in [4.78, 5) is 29.2. The molecule has 1 aromatic heterocycles. The lowest BCUT2D eigenvalue weighted by atomic mass is 10.1. The number of carbonyl (C=O) groups excluding carboxylic acids is 2. The van der Waals surface area contributed by atoms with Gasteiger partial charge < -0.3 is 23.7 Å². The van der Waals surface area contributed by atoms with Crippen LogP contribution in [-0.2, 0) is 22.6 Å². The maximum atomic E-state index is 13.3. The number of nitrogens with zero attached hydrogens (tertiary/aromatic N) is 2. The van der Waals surface area contributed by atoms with Gasteiger partial charge in [-0.25, -0.2) is 0 Å². The lowest BCUT2D eigenvalue weighted by Gasteiger charge is -2.31. The number of furan rings is 1. The van der Waals surface area contributed by atoms with Gasteiger partial charge in [0.05, 0.1) is 20.8 Å². The van der Waals surface area contributed by atoms with Crippen molar-refractivity contribution in [2.45, 2.75) is 59.5 Å². The van der Waals surface area contributed by atoms with Gasteiger partial charge in [0.1, 0.15) is 18.1 Å². The summed E-state index contributed by atoms with van der Waals surface area (Å²) in [6.07, 6.45) is 1.81. The predicted molar refractivity (Wildman–Crippen MR) is 124 cm³/mol. The molecule has 1 atom stereocenters. The molecule has 1 aromatic carbocycles. The van der Waals surface area contributed by atoms with Crippen molar-refractivity contribution in [2.75, 3.05) is 27.3 Å². The van der Waals surface area contributed by atoms with E-state index < -0.39 is 0 Å². The van der Waals surface area contributed by atoms with E-state index in [1.165, 1.54) is 0 Å². The summed E-state index contributed by atoms with van der Waals surface area (Å²) in [7, 11) is 3.20. The first-order chi connectivity index (χ1) is 15.3. The summed E-state index contributed by atoms with van der Waals surface area (Å²) in [5.41, 5.74) is 1.03. The normalized spacial score (nSPS) is 11.7. The number of hydrogen-bond acceptors (Lipinski definition) is 5. The largest absolute Gasteiger partial charge is 0.493 e. The summed E-state index contributed by atoms with van der Waals surface area (Å²) in [6.45, 7) is 8.60. The van der Waals surface area contributed by atoms with E-state index in [4.69, 9.17) is 13.9 Å². The highest BCUT2D eigenvalue weighted by Crippen LogP contribution is 2.27. The Balaban J connectivity index is 2.19. The Labute approximate surface area is 191 Å². The second-order valence-corrected chi connectivity index (χ2v) is 7.90. The number of carbonyl (C=O) groups is 2. The fourth-order valence-electron chi connectivity index (χ4n) is 3.51. The fourth-order valence-corrected chi connectivity index (χ4v) is 3.51. The Morgan fingerprint density at radius 2 is 1.75 bits per heavy atom. The summed E-state index contributed by atoms with van der Waals surface area (Å²) < 4.78 is 16.4. The third-order valence-electron chi connectivity index (χ3n) is 5.67. The number of benzene rings is 1. The van der Waals surface area contributed by atoms with Gasteiger partial charge in [-0.15, -0.1) is 0 Å². The van der Waals surface area contributed by atoms with Gasteiger partial charge in [-0.05, 0) is 56.5 Å². The molecule has 32 heavy (non-hydrogen) atoms. The molecule has 2 aromatic rings. The molecule has 0 spiro atoms. The molecule has 0 bridgehead atoms. The monoisotopic (exact) mass is 444 g/mol. The van der Waals surface area contributed by atoms with E-state index in [1.807, 2.05) is 58.0 Å². The van der Waals surface area contributed by atoms with Gasteiger partial charge in [-0.1, -0.05) is 19.9 Å². The van der Waals surface area contributed by atoms with Crippen LogP contribution in [0.15, 0.2) is 34.7 Å². The molecule has 0 aliphatic carbocycles. The SMILES string of the molecule is CCC(=O)N(CC(=O)N(CCc1ccc(OC)c(OC)c1)Cc1ccc(C)o1)[C@@H](C)CC. The number of amides is 2. The minimum atomic E-state index is -0.0957. The van der Waals surface area contributed by atoms with E-state index in [2.05, 4.69) is 0 Å². The molecule has 0 radical (unpaired) electrons. The summed E-state index contributed by atoms with van der Waals surface area (Å²) in [5, 5.41) is 0. The van der Waals surface area contributed by atoms with Gasteiger partial charge in [0.15, 0.2) is 11.5 Å². The van der Waals surface area contributed by atoms with Crippen LogP contribution < -0.4 is 9.47 Å². The molecule has 0 N–H and O–H groups in total. The van der Waals surface area contributed by atoms with Crippen LogP contribution in [0.3, 0.4) is 0 Å². The van der Waals surface area contributed by atoms with Crippen LogP contribution >= 0.6 is 0 Å². The van der Waals surface area contributed by atoms with Crippen molar-refractivity contribution in [1.29, 1.82) is 0 Å². The number of aryl methyl sites for hydroxylation is 1. The van der Waals surface area contributed by atoms with E-state index in [0.717, 1.165) is 23.5 Å². The molecule has 0 aliphatic rings. The van der Waals surface area contributed by atoms with E-state index >= 15 is 0 Å². The van der Waals surface area contributed by atoms with Crippen LogP contribution in [0.4, 0.5) is 0 Å². The highest BCUT2D eigenvalue weighted by Gasteiger charge is 2.24. The Kier molecular flexibility index (Phi) is 9.62. The van der Waals surface area contributed by atoms with Gasteiger partial charge in [0.2, 0.25) is 11.8 Å². The molecule has 0 saturated heterocycles. The van der Waals surface area contributed by atoms with E-state index in [-0.39, 0.29) is 24.4 Å². The number of rotatable bonds is 12. The quantitative estimate of drug-likeness (QED) is 0.490. The molecule has 2 rings (SSSR count). The zero-order chi connectivity index (χ0) is 23.7. The molecular weight excluding hydrogens is 408 g/mol. The molecule has 0 saturated carbocycles. The Hall–Kier alpha value is -2.96. The minimum absolute atomic E-state index is 0.00459. The molecular formula is C25H36N2O5. The lowest BCUT2D eigenvalue weighted by molar-refractivity contribution is -0.142. The first-order valence-electron chi connectivity index (χ1n) is 11.2. The topological polar surface area (TPSA) is 72.2 Å². The predicted octanol–water partition coefficient (Wildman–Crippen LogP) is 4.21. The number of methoxy groups -OCH3 is 2. The fraction of sp³-hybridized carbons (Fsp3) is 0.520. The average molecular weight is 445 g/mol. The molecule has 7 heteroatoms. The summed E-state index contributed by atoms with van der Waals surface area (Å²) in [6, 6.07) is 9.52. The van der Waals surface area contributed by atoms with Crippen molar-refractivity contribution in [2.24, 2.45) is 0 Å². The first-order valence-corrected chi connectivity index (χ1v) is 11.2. The van der Waals surface area contributed by atoms with Crippen LogP contribution in [0.5, 0.6) is 11.5 Å². The van der Waals surface area contributed by atoms with Crippen LogP contribution in [0.25, 0.3) is 0 Å². The lowest BCUT2D eigenvalue weighted by Crippen LogP contribution is -2.46. The highest BCUT2D eigenvalue weighted by molar-refractivity contribution is 5.85. The van der Waals surface area contributed by atoms with Gasteiger partial charge >= 0.3 is 0 Å². The highest BCUT2D eigenvalue weighted by atomic mass is 16.5. The molecule has 2 amide bonds. The molecule has 0 aliphatic heterocycles. The van der Waals surface area contributed by atoms with Crippen molar-refractivity contribution in [3.05, 3.63) is 47.4 Å². The van der Waals surface area contributed by atoms with Gasteiger partial charge in [-0.3, -0.25) is 9.59 Å².